The number of likely N-dealkylation sites (N-methyl/N-ethyl adjacent to an activating group) is 1. The molecule has 1 N–H and O–H groups in total. The number of carbonyl (C=O) groups excluding carboxylic acids is 1. The fraction of sp³-hybridized carbons (Fsp3) is 0.562. The highest BCUT2D eigenvalue weighted by atomic mass is 16.2. The number of hydrogen-bond acceptors (Lipinski definition) is 2. The van der Waals surface area contributed by atoms with Crippen LogP contribution in [0.1, 0.15) is 42.1 Å². The van der Waals surface area contributed by atoms with Gasteiger partial charge in [-0.1, -0.05) is 18.2 Å². The molecular formula is C16H24N2O. The average molecular weight is 260 g/mol. The molecule has 0 radical (unpaired) electrons. The SMILES string of the molecule is CNCCc1ccccc1C(=O)N1CCCCC1C. The molecule has 2 rings (SSSR count). The smallest absolute Gasteiger partial charge is 0.254 e. The molecular weight excluding hydrogens is 236 g/mol. The summed E-state index contributed by atoms with van der Waals surface area (Å²) in [4.78, 5) is 14.7. The van der Waals surface area contributed by atoms with Crippen molar-refractivity contribution in [2.75, 3.05) is 20.1 Å². The number of hydrogen-bond donors (Lipinski definition) is 1. The van der Waals surface area contributed by atoms with Crippen LogP contribution in [-0.2, 0) is 6.42 Å². The summed E-state index contributed by atoms with van der Waals surface area (Å²) in [6.07, 6.45) is 4.41. The second-order valence-electron chi connectivity index (χ2n) is 5.35. The number of likely N-dealkylation sites (tertiary alicyclic amines) is 1. The number of nitrogens with one attached hydrogen (secondary N) is 1. The van der Waals surface area contributed by atoms with Crippen LogP contribution < -0.4 is 5.32 Å². The Kier molecular flexibility index (Phi) is 4.97. The Morgan fingerprint density at radius 3 is 2.89 bits per heavy atom. The molecule has 0 aromatic heterocycles. The molecule has 1 fully saturated rings. The molecule has 0 bridgehead atoms. The van der Waals surface area contributed by atoms with Crippen molar-refractivity contribution in [1.29, 1.82) is 0 Å². The molecule has 1 saturated heterocycles. The highest BCUT2D eigenvalue weighted by Gasteiger charge is 2.25. The third-order valence-electron chi connectivity index (χ3n) is 3.96. The van der Waals surface area contributed by atoms with Crippen LogP contribution in [0.5, 0.6) is 0 Å². The van der Waals surface area contributed by atoms with Gasteiger partial charge in [-0.3, -0.25) is 4.79 Å². The van der Waals surface area contributed by atoms with E-state index in [2.05, 4.69) is 18.3 Å². The lowest BCUT2D eigenvalue weighted by molar-refractivity contribution is 0.0634. The zero-order valence-corrected chi connectivity index (χ0v) is 12.0. The first-order chi connectivity index (χ1) is 9.24. The summed E-state index contributed by atoms with van der Waals surface area (Å²) in [6.45, 7) is 3.97. The van der Waals surface area contributed by atoms with Crippen molar-refractivity contribution in [3.63, 3.8) is 0 Å². The molecule has 19 heavy (non-hydrogen) atoms. The van der Waals surface area contributed by atoms with Gasteiger partial charge in [0, 0.05) is 18.2 Å². The molecule has 1 aromatic rings. The van der Waals surface area contributed by atoms with Crippen molar-refractivity contribution in [3.05, 3.63) is 35.4 Å². The largest absolute Gasteiger partial charge is 0.336 e. The van der Waals surface area contributed by atoms with Gasteiger partial charge in [-0.2, -0.15) is 0 Å². The van der Waals surface area contributed by atoms with E-state index in [4.69, 9.17) is 0 Å². The molecule has 1 atom stereocenters. The van der Waals surface area contributed by atoms with Gasteiger partial charge >= 0.3 is 0 Å². The number of benzene rings is 1. The summed E-state index contributed by atoms with van der Waals surface area (Å²) in [7, 11) is 1.94. The summed E-state index contributed by atoms with van der Waals surface area (Å²) in [5.41, 5.74) is 2.03. The lowest BCUT2D eigenvalue weighted by Gasteiger charge is -2.34. The summed E-state index contributed by atoms with van der Waals surface area (Å²) in [5, 5.41) is 3.15. The van der Waals surface area contributed by atoms with Crippen molar-refractivity contribution < 1.29 is 4.79 Å². The first-order valence-corrected chi connectivity index (χ1v) is 7.27. The van der Waals surface area contributed by atoms with Crippen molar-refractivity contribution >= 4 is 5.91 Å². The van der Waals surface area contributed by atoms with E-state index in [-0.39, 0.29) is 5.91 Å². The highest BCUT2D eigenvalue weighted by molar-refractivity contribution is 5.96. The van der Waals surface area contributed by atoms with Crippen LogP contribution in [0, 0.1) is 0 Å². The Balaban J connectivity index is 2.17. The summed E-state index contributed by atoms with van der Waals surface area (Å²) in [6, 6.07) is 8.39. The number of rotatable bonds is 4. The minimum atomic E-state index is 0.207. The first kappa shape index (κ1) is 14.1. The maximum absolute atomic E-state index is 12.7. The van der Waals surface area contributed by atoms with Gasteiger partial charge in [0.15, 0.2) is 0 Å². The van der Waals surface area contributed by atoms with Gasteiger partial charge in [-0.25, -0.2) is 0 Å². The molecule has 1 aromatic carbocycles. The maximum Gasteiger partial charge on any atom is 0.254 e. The third-order valence-corrected chi connectivity index (χ3v) is 3.96. The van der Waals surface area contributed by atoms with Crippen LogP contribution in [0.3, 0.4) is 0 Å². The maximum atomic E-state index is 12.7. The van der Waals surface area contributed by atoms with E-state index in [9.17, 15) is 4.79 Å². The molecule has 3 nitrogen and oxygen atoms in total. The molecule has 0 spiro atoms. The predicted molar refractivity (Wildman–Crippen MR) is 78.4 cm³/mol. The lowest BCUT2D eigenvalue weighted by Crippen LogP contribution is -2.42. The van der Waals surface area contributed by atoms with Gasteiger partial charge in [-0.05, 0) is 57.8 Å². The third kappa shape index (κ3) is 3.35. The van der Waals surface area contributed by atoms with Crippen LogP contribution in [-0.4, -0.2) is 37.0 Å². The zero-order chi connectivity index (χ0) is 13.7. The van der Waals surface area contributed by atoms with Crippen molar-refractivity contribution in [2.45, 2.75) is 38.6 Å². The second kappa shape index (κ2) is 6.71. The summed E-state index contributed by atoms with van der Waals surface area (Å²) in [5.74, 6) is 0.207. The van der Waals surface area contributed by atoms with Crippen LogP contribution in [0.15, 0.2) is 24.3 Å². The molecule has 1 aliphatic rings. The highest BCUT2D eigenvalue weighted by Crippen LogP contribution is 2.21. The summed E-state index contributed by atoms with van der Waals surface area (Å²) >= 11 is 0. The van der Waals surface area contributed by atoms with Crippen LogP contribution in [0.4, 0.5) is 0 Å². The Morgan fingerprint density at radius 2 is 2.16 bits per heavy atom. The van der Waals surface area contributed by atoms with E-state index in [0.717, 1.165) is 43.5 Å². The van der Waals surface area contributed by atoms with E-state index in [1.807, 2.05) is 30.1 Å². The lowest BCUT2D eigenvalue weighted by atomic mass is 9.99. The van der Waals surface area contributed by atoms with E-state index in [1.54, 1.807) is 0 Å². The molecule has 104 valence electrons. The van der Waals surface area contributed by atoms with E-state index in [0.29, 0.717) is 6.04 Å². The minimum absolute atomic E-state index is 0.207. The quantitative estimate of drug-likeness (QED) is 0.902. The van der Waals surface area contributed by atoms with Gasteiger partial charge in [0.05, 0.1) is 0 Å². The minimum Gasteiger partial charge on any atom is -0.336 e. The molecule has 1 aliphatic heterocycles. The number of amides is 1. The van der Waals surface area contributed by atoms with Crippen molar-refractivity contribution in [2.24, 2.45) is 0 Å². The Morgan fingerprint density at radius 1 is 1.37 bits per heavy atom. The average Bonchev–Trinajstić information content (AvgIpc) is 2.45. The number of carbonyl (C=O) groups is 1. The molecule has 0 saturated carbocycles. The molecule has 1 heterocycles. The van der Waals surface area contributed by atoms with Gasteiger partial charge in [-0.15, -0.1) is 0 Å². The second-order valence-corrected chi connectivity index (χ2v) is 5.35. The van der Waals surface area contributed by atoms with Gasteiger partial charge in [0.1, 0.15) is 0 Å². The fourth-order valence-corrected chi connectivity index (χ4v) is 2.76. The zero-order valence-electron chi connectivity index (χ0n) is 12.0. The van der Waals surface area contributed by atoms with E-state index in [1.165, 1.54) is 6.42 Å². The van der Waals surface area contributed by atoms with E-state index < -0.39 is 0 Å². The molecule has 1 unspecified atom stereocenters. The normalized spacial score (nSPS) is 19.5. The first-order valence-electron chi connectivity index (χ1n) is 7.27. The predicted octanol–water partition coefficient (Wildman–Crippen LogP) is 2.46. The molecule has 3 heteroatoms. The fourth-order valence-electron chi connectivity index (χ4n) is 2.76. The van der Waals surface area contributed by atoms with Crippen LogP contribution in [0.25, 0.3) is 0 Å². The van der Waals surface area contributed by atoms with Crippen LogP contribution in [0.2, 0.25) is 0 Å². The van der Waals surface area contributed by atoms with E-state index >= 15 is 0 Å². The molecule has 1 amide bonds. The molecule has 0 aliphatic carbocycles. The standard InChI is InChI=1S/C16H24N2O/c1-13-7-5-6-12-18(13)16(19)15-9-4-3-8-14(15)10-11-17-2/h3-4,8-9,13,17H,5-7,10-12H2,1-2H3. The number of nitrogens with zero attached hydrogens (tertiary/aromatic N) is 1. The van der Waals surface area contributed by atoms with Gasteiger partial charge in [0.25, 0.3) is 5.91 Å². The van der Waals surface area contributed by atoms with Gasteiger partial charge < -0.3 is 10.2 Å². The Bertz CT molecular complexity index is 431. The summed E-state index contributed by atoms with van der Waals surface area (Å²) < 4.78 is 0. The van der Waals surface area contributed by atoms with Crippen molar-refractivity contribution in [1.82, 2.24) is 10.2 Å². The van der Waals surface area contributed by atoms with Gasteiger partial charge in [0.2, 0.25) is 0 Å². The number of piperidine rings is 1. The Labute approximate surface area is 116 Å². The Hall–Kier alpha value is -1.35. The van der Waals surface area contributed by atoms with Crippen molar-refractivity contribution in [3.8, 4) is 0 Å². The topological polar surface area (TPSA) is 32.3 Å². The monoisotopic (exact) mass is 260 g/mol. The van der Waals surface area contributed by atoms with Crippen LogP contribution >= 0.6 is 0 Å².